The topological polar surface area (TPSA) is 77.4 Å². The summed E-state index contributed by atoms with van der Waals surface area (Å²) in [6, 6.07) is 1.62. The lowest BCUT2D eigenvalue weighted by molar-refractivity contribution is 0.171. The van der Waals surface area contributed by atoms with Gasteiger partial charge in [-0.15, -0.1) is 0 Å². The first-order valence-corrected chi connectivity index (χ1v) is 6.59. The normalized spacial score (nSPS) is 12.0. The quantitative estimate of drug-likeness (QED) is 0.904. The molecule has 0 radical (unpaired) electrons. The number of aryl methyl sites for hydroxylation is 1. The van der Waals surface area contributed by atoms with Crippen LogP contribution >= 0.6 is 0 Å². The second kappa shape index (κ2) is 6.49. The molecular weight excluding hydrogens is 270 g/mol. The van der Waals surface area contributed by atoms with Crippen LogP contribution in [-0.4, -0.2) is 34.3 Å². The van der Waals surface area contributed by atoms with Crippen molar-refractivity contribution in [1.82, 2.24) is 15.0 Å². The third-order valence-corrected chi connectivity index (χ3v) is 3.35. The van der Waals surface area contributed by atoms with Gasteiger partial charge < -0.3 is 14.6 Å². The van der Waals surface area contributed by atoms with Gasteiger partial charge in [0.25, 0.3) is 0 Å². The standard InChI is InChI=1S/C15H19N3O3/c1-9-7-16-11(10(2)15(9)21-4)5-13(19)12-6-14(20-3)18-8-17-12/h6-8,13,19H,5H2,1-4H3. The number of hydrogen-bond acceptors (Lipinski definition) is 6. The van der Waals surface area contributed by atoms with E-state index >= 15 is 0 Å². The van der Waals surface area contributed by atoms with Crippen LogP contribution in [-0.2, 0) is 6.42 Å². The lowest BCUT2D eigenvalue weighted by Gasteiger charge is -2.15. The fourth-order valence-corrected chi connectivity index (χ4v) is 2.21. The summed E-state index contributed by atoms with van der Waals surface area (Å²) in [4.78, 5) is 12.4. The molecule has 0 aliphatic heterocycles. The van der Waals surface area contributed by atoms with Crippen LogP contribution in [0.15, 0.2) is 18.6 Å². The molecule has 0 saturated carbocycles. The summed E-state index contributed by atoms with van der Waals surface area (Å²) in [5.41, 5.74) is 3.18. The SMILES string of the molecule is COc1cc(C(O)Cc2ncc(C)c(OC)c2C)ncn1. The summed E-state index contributed by atoms with van der Waals surface area (Å²) in [5, 5.41) is 10.3. The minimum atomic E-state index is -0.777. The minimum Gasteiger partial charge on any atom is -0.496 e. The molecule has 1 N–H and O–H groups in total. The highest BCUT2D eigenvalue weighted by atomic mass is 16.5. The monoisotopic (exact) mass is 289 g/mol. The Bertz CT molecular complexity index is 632. The first-order valence-electron chi connectivity index (χ1n) is 6.59. The van der Waals surface area contributed by atoms with Crippen LogP contribution in [0.3, 0.4) is 0 Å². The van der Waals surface area contributed by atoms with E-state index in [1.54, 1.807) is 19.4 Å². The van der Waals surface area contributed by atoms with E-state index in [4.69, 9.17) is 9.47 Å². The van der Waals surface area contributed by atoms with E-state index in [9.17, 15) is 5.11 Å². The second-order valence-electron chi connectivity index (χ2n) is 4.75. The van der Waals surface area contributed by atoms with Crippen LogP contribution in [0.5, 0.6) is 11.6 Å². The molecule has 0 saturated heterocycles. The van der Waals surface area contributed by atoms with Crippen molar-refractivity contribution in [1.29, 1.82) is 0 Å². The van der Waals surface area contributed by atoms with Crippen LogP contribution in [0.4, 0.5) is 0 Å². The van der Waals surface area contributed by atoms with Gasteiger partial charge in [-0.1, -0.05) is 0 Å². The Labute approximate surface area is 123 Å². The van der Waals surface area contributed by atoms with Gasteiger partial charge in [0.15, 0.2) is 0 Å². The highest BCUT2D eigenvalue weighted by molar-refractivity contribution is 5.41. The summed E-state index contributed by atoms with van der Waals surface area (Å²) in [5.74, 6) is 1.22. The van der Waals surface area contributed by atoms with Gasteiger partial charge in [0.05, 0.1) is 19.9 Å². The van der Waals surface area contributed by atoms with E-state index in [1.165, 1.54) is 13.4 Å². The highest BCUT2D eigenvalue weighted by Crippen LogP contribution is 2.27. The maximum atomic E-state index is 10.3. The van der Waals surface area contributed by atoms with E-state index in [0.29, 0.717) is 18.0 Å². The molecule has 0 bridgehead atoms. The molecule has 2 aromatic heterocycles. The molecule has 112 valence electrons. The second-order valence-corrected chi connectivity index (χ2v) is 4.75. The smallest absolute Gasteiger partial charge is 0.216 e. The molecule has 0 fully saturated rings. The lowest BCUT2D eigenvalue weighted by atomic mass is 10.0. The van der Waals surface area contributed by atoms with Gasteiger partial charge in [-0.3, -0.25) is 4.98 Å². The summed E-state index contributed by atoms with van der Waals surface area (Å²) in [7, 11) is 3.15. The Morgan fingerprint density at radius 1 is 1.14 bits per heavy atom. The maximum Gasteiger partial charge on any atom is 0.216 e. The van der Waals surface area contributed by atoms with E-state index in [2.05, 4.69) is 15.0 Å². The predicted octanol–water partition coefficient (Wildman–Crippen LogP) is 1.78. The Hall–Kier alpha value is -2.21. The summed E-state index contributed by atoms with van der Waals surface area (Å²) >= 11 is 0. The molecule has 0 amide bonds. The van der Waals surface area contributed by atoms with Crippen molar-refractivity contribution in [2.75, 3.05) is 14.2 Å². The zero-order chi connectivity index (χ0) is 15.4. The van der Waals surface area contributed by atoms with Crippen molar-refractivity contribution in [2.45, 2.75) is 26.4 Å². The van der Waals surface area contributed by atoms with Crippen molar-refractivity contribution in [3.63, 3.8) is 0 Å². The average molecular weight is 289 g/mol. The van der Waals surface area contributed by atoms with Crippen LogP contribution in [0.2, 0.25) is 0 Å². The number of ether oxygens (including phenoxy) is 2. The van der Waals surface area contributed by atoms with Gasteiger partial charge in [-0.2, -0.15) is 0 Å². The van der Waals surface area contributed by atoms with Gasteiger partial charge >= 0.3 is 0 Å². The van der Waals surface area contributed by atoms with Crippen molar-refractivity contribution in [2.24, 2.45) is 0 Å². The Morgan fingerprint density at radius 2 is 1.90 bits per heavy atom. The van der Waals surface area contributed by atoms with Gasteiger partial charge in [-0.05, 0) is 13.8 Å². The van der Waals surface area contributed by atoms with Crippen LogP contribution in [0.1, 0.15) is 28.6 Å². The molecule has 2 aromatic rings. The molecule has 0 aliphatic carbocycles. The van der Waals surface area contributed by atoms with Gasteiger partial charge in [0.2, 0.25) is 5.88 Å². The third kappa shape index (κ3) is 3.28. The molecule has 2 rings (SSSR count). The maximum absolute atomic E-state index is 10.3. The Morgan fingerprint density at radius 3 is 2.57 bits per heavy atom. The number of hydrogen-bond donors (Lipinski definition) is 1. The molecule has 21 heavy (non-hydrogen) atoms. The molecule has 1 atom stereocenters. The summed E-state index contributed by atoms with van der Waals surface area (Å²) < 4.78 is 10.4. The van der Waals surface area contributed by atoms with Gasteiger partial charge in [0, 0.05) is 35.5 Å². The number of methoxy groups -OCH3 is 2. The molecule has 0 aromatic carbocycles. The fourth-order valence-electron chi connectivity index (χ4n) is 2.21. The molecule has 6 nitrogen and oxygen atoms in total. The largest absolute Gasteiger partial charge is 0.496 e. The number of rotatable bonds is 5. The first kappa shape index (κ1) is 15.2. The van der Waals surface area contributed by atoms with Crippen molar-refractivity contribution in [3.05, 3.63) is 41.1 Å². The third-order valence-electron chi connectivity index (χ3n) is 3.35. The number of aliphatic hydroxyl groups is 1. The van der Waals surface area contributed by atoms with E-state index < -0.39 is 6.10 Å². The lowest BCUT2D eigenvalue weighted by Crippen LogP contribution is -2.09. The van der Waals surface area contributed by atoms with E-state index in [0.717, 1.165) is 22.6 Å². The minimum absolute atomic E-state index is 0.350. The van der Waals surface area contributed by atoms with Crippen molar-refractivity contribution >= 4 is 0 Å². The predicted molar refractivity (Wildman–Crippen MR) is 77.5 cm³/mol. The fraction of sp³-hybridized carbons (Fsp3) is 0.400. The molecule has 0 aliphatic rings. The van der Waals surface area contributed by atoms with Crippen LogP contribution in [0, 0.1) is 13.8 Å². The van der Waals surface area contributed by atoms with Gasteiger partial charge in [-0.25, -0.2) is 9.97 Å². The summed E-state index contributed by atoms with van der Waals surface area (Å²) in [6.45, 7) is 3.87. The number of aromatic nitrogens is 3. The number of nitrogens with zero attached hydrogens (tertiary/aromatic N) is 3. The van der Waals surface area contributed by atoms with Crippen molar-refractivity contribution in [3.8, 4) is 11.6 Å². The number of aliphatic hydroxyl groups excluding tert-OH is 1. The summed E-state index contributed by atoms with van der Waals surface area (Å²) in [6.07, 6.45) is 2.69. The van der Waals surface area contributed by atoms with Crippen molar-refractivity contribution < 1.29 is 14.6 Å². The molecule has 6 heteroatoms. The number of pyridine rings is 1. The van der Waals surface area contributed by atoms with Crippen LogP contribution in [0.25, 0.3) is 0 Å². The zero-order valence-electron chi connectivity index (χ0n) is 12.6. The Kier molecular flexibility index (Phi) is 4.70. The average Bonchev–Trinajstić information content (AvgIpc) is 2.50. The molecule has 0 spiro atoms. The highest BCUT2D eigenvalue weighted by Gasteiger charge is 2.16. The first-order chi connectivity index (χ1) is 10.1. The molecule has 1 unspecified atom stereocenters. The van der Waals surface area contributed by atoms with Crippen LogP contribution < -0.4 is 9.47 Å². The zero-order valence-corrected chi connectivity index (χ0v) is 12.6. The van der Waals surface area contributed by atoms with E-state index in [-0.39, 0.29) is 0 Å². The van der Waals surface area contributed by atoms with E-state index in [1.807, 2.05) is 13.8 Å². The Balaban J connectivity index is 2.25. The van der Waals surface area contributed by atoms with Gasteiger partial charge in [0.1, 0.15) is 18.2 Å². The molecule has 2 heterocycles. The molecular formula is C15H19N3O3.